The van der Waals surface area contributed by atoms with E-state index >= 15 is 0 Å². The van der Waals surface area contributed by atoms with E-state index in [2.05, 4.69) is 0 Å². The maximum atomic E-state index is 13.1. The molecular formula is C9H11F. The first kappa shape index (κ1) is 3.51. The Morgan fingerprint density at radius 3 is 2.20 bits per heavy atom. The predicted molar refractivity (Wildman–Crippen MR) is 40.5 cm³/mol. The first-order valence-electron chi connectivity index (χ1n) is 5.13. The molecule has 1 aromatic carbocycles. The van der Waals surface area contributed by atoms with Crippen molar-refractivity contribution in [3.8, 4) is 0 Å². The molecule has 0 nitrogen and oxygen atoms in total. The highest BCUT2D eigenvalue weighted by Gasteiger charge is 1.96. The van der Waals surface area contributed by atoms with Gasteiger partial charge in [-0.15, -0.1) is 0 Å². The number of halogens is 1. The minimum atomic E-state index is -1.08. The molecule has 0 radical (unpaired) electrons. The Morgan fingerprint density at radius 2 is 1.80 bits per heavy atom. The van der Waals surface area contributed by atoms with Gasteiger partial charge in [0.25, 0.3) is 0 Å². The summed E-state index contributed by atoms with van der Waals surface area (Å²) in [5.41, 5.74) is 0.265. The molecule has 0 saturated carbocycles. The van der Waals surface area contributed by atoms with Crippen molar-refractivity contribution in [1.29, 1.82) is 0 Å². The second-order valence-corrected chi connectivity index (χ2v) is 2.38. The molecule has 0 aliphatic carbocycles. The van der Waals surface area contributed by atoms with Crippen molar-refractivity contribution < 1.29 is 9.87 Å². The minimum absolute atomic E-state index is 0.149. The molecule has 10 heavy (non-hydrogen) atoms. The van der Waals surface area contributed by atoms with E-state index in [-0.39, 0.29) is 23.6 Å². The Labute approximate surface area is 66.3 Å². The molecule has 0 unspecified atom stereocenters. The number of hydrogen-bond acceptors (Lipinski definition) is 0. The first-order valence-corrected chi connectivity index (χ1v) is 3.13. The van der Waals surface area contributed by atoms with Crippen molar-refractivity contribution in [3.05, 3.63) is 35.6 Å². The smallest absolute Gasteiger partial charge is 0.123 e. The monoisotopic (exact) mass is 142 g/mol. The van der Waals surface area contributed by atoms with Gasteiger partial charge in [-0.2, -0.15) is 0 Å². The molecule has 0 aliphatic rings. The average molecular weight is 142 g/mol. The molecule has 1 rings (SSSR count). The molecule has 0 fully saturated rings. The van der Waals surface area contributed by atoms with Crippen LogP contribution in [0.4, 0.5) is 4.39 Å². The molecule has 1 heteroatoms. The highest BCUT2D eigenvalue weighted by Crippen LogP contribution is 2.13. The van der Waals surface area contributed by atoms with Crippen molar-refractivity contribution in [2.75, 3.05) is 0 Å². The molecule has 54 valence electrons. The van der Waals surface area contributed by atoms with Gasteiger partial charge in [-0.1, -0.05) is 25.9 Å². The highest BCUT2D eigenvalue weighted by molar-refractivity contribution is 5.18. The van der Waals surface area contributed by atoms with Crippen LogP contribution in [0.15, 0.2) is 24.2 Å². The van der Waals surface area contributed by atoms with Crippen LogP contribution in [0.2, 0.25) is 0 Å². The van der Waals surface area contributed by atoms with E-state index in [4.69, 9.17) is 5.48 Å². The highest BCUT2D eigenvalue weighted by atomic mass is 19.1. The Morgan fingerprint density at radius 1 is 1.30 bits per heavy atom. The normalized spacial score (nSPS) is 16.0. The van der Waals surface area contributed by atoms with E-state index in [1.54, 1.807) is 13.8 Å². The topological polar surface area (TPSA) is 0 Å². The van der Waals surface area contributed by atoms with Gasteiger partial charge in [0.2, 0.25) is 0 Å². The molecule has 0 atom stereocenters. The summed E-state index contributed by atoms with van der Waals surface area (Å²) in [5.74, 6) is -1.23. The quantitative estimate of drug-likeness (QED) is 0.565. The second-order valence-electron chi connectivity index (χ2n) is 2.38. The van der Waals surface area contributed by atoms with Gasteiger partial charge in [0.15, 0.2) is 0 Å². The van der Waals surface area contributed by atoms with Crippen LogP contribution in [-0.4, -0.2) is 0 Å². The summed E-state index contributed by atoms with van der Waals surface area (Å²) in [6.45, 7) is 3.50. The molecule has 0 N–H and O–H groups in total. The minimum Gasteiger partial charge on any atom is -0.207 e. The van der Waals surface area contributed by atoms with Gasteiger partial charge < -0.3 is 0 Å². The third-order valence-electron chi connectivity index (χ3n) is 1.19. The number of benzene rings is 1. The van der Waals surface area contributed by atoms with Gasteiger partial charge in [0.05, 0.1) is 5.48 Å². The van der Waals surface area contributed by atoms with E-state index in [0.717, 1.165) is 0 Å². The van der Waals surface area contributed by atoms with E-state index in [9.17, 15) is 4.39 Å². The lowest BCUT2D eigenvalue weighted by Crippen LogP contribution is -1.85. The van der Waals surface area contributed by atoms with E-state index < -0.39 is 17.9 Å². The molecule has 0 spiro atoms. The van der Waals surface area contributed by atoms with Crippen LogP contribution in [0, 0.1) is 5.82 Å². The third-order valence-corrected chi connectivity index (χ3v) is 1.19. The number of rotatable bonds is 1. The fourth-order valence-corrected chi connectivity index (χ4v) is 0.596. The van der Waals surface area contributed by atoms with Gasteiger partial charge >= 0.3 is 0 Å². The average Bonchev–Trinajstić information content (AvgIpc) is 2.11. The summed E-state index contributed by atoms with van der Waals surface area (Å²) in [6, 6.07) is -1.73. The lowest BCUT2D eigenvalue weighted by atomic mass is 10.0. The lowest BCUT2D eigenvalue weighted by Gasteiger charge is -2.02. The Balaban J connectivity index is 3.60. The van der Waals surface area contributed by atoms with Crippen molar-refractivity contribution >= 4 is 0 Å². The first-order chi connectivity index (χ1) is 6.37. The van der Waals surface area contributed by atoms with E-state index in [1.807, 2.05) is 0 Å². The van der Waals surface area contributed by atoms with Crippen LogP contribution in [0.1, 0.15) is 30.8 Å². The van der Waals surface area contributed by atoms with Gasteiger partial charge in [-0.3, -0.25) is 0 Å². The lowest BCUT2D eigenvalue weighted by molar-refractivity contribution is 0.626. The Bertz CT molecular complexity index is 345. The van der Waals surface area contributed by atoms with Gasteiger partial charge in [0.1, 0.15) is 5.82 Å². The molecule has 0 heterocycles. The van der Waals surface area contributed by atoms with E-state index in [1.165, 1.54) is 0 Å². The zero-order chi connectivity index (χ0) is 11.0. The maximum Gasteiger partial charge on any atom is 0.123 e. The molecular weight excluding hydrogens is 127 g/mol. The van der Waals surface area contributed by atoms with Gasteiger partial charge in [0, 0.05) is 0 Å². The van der Waals surface area contributed by atoms with Gasteiger partial charge in [-0.05, 0) is 23.6 Å². The van der Waals surface area contributed by atoms with E-state index in [0.29, 0.717) is 0 Å². The second kappa shape index (κ2) is 2.82. The fourth-order valence-electron chi connectivity index (χ4n) is 0.596. The molecule has 1 aromatic rings. The summed E-state index contributed by atoms with van der Waals surface area (Å²) in [5, 5.41) is 0. The largest absolute Gasteiger partial charge is 0.207 e. The Hall–Kier alpha value is -0.850. The van der Waals surface area contributed by atoms with Crippen LogP contribution < -0.4 is 0 Å². The summed E-state index contributed by atoms with van der Waals surface area (Å²) in [7, 11) is 0. The number of hydrogen-bond donors (Lipinski definition) is 0. The summed E-state index contributed by atoms with van der Waals surface area (Å²) < 4.78 is 42.5. The maximum absolute atomic E-state index is 13.1. The van der Waals surface area contributed by atoms with Crippen LogP contribution in [-0.2, 0) is 0 Å². The third kappa shape index (κ3) is 1.56. The van der Waals surface area contributed by atoms with Crippen LogP contribution in [0.3, 0.4) is 0 Å². The zero-order valence-corrected chi connectivity index (χ0v) is 5.96. The van der Waals surface area contributed by atoms with Crippen molar-refractivity contribution in [2.45, 2.75) is 19.8 Å². The van der Waals surface area contributed by atoms with Crippen LogP contribution in [0.25, 0.3) is 0 Å². The molecule has 0 bridgehead atoms. The van der Waals surface area contributed by atoms with Crippen molar-refractivity contribution in [3.63, 3.8) is 0 Å². The summed E-state index contributed by atoms with van der Waals surface area (Å²) >= 11 is 0. The van der Waals surface area contributed by atoms with Crippen molar-refractivity contribution in [2.24, 2.45) is 0 Å². The standard InChI is InChI=1S/C9H11F/c1-7(2)8-3-5-9(10)6-4-8/h3-7H,1-2H3/i3D,4D,5D,6D. The van der Waals surface area contributed by atoms with Crippen LogP contribution in [0.5, 0.6) is 0 Å². The molecule has 0 aliphatic heterocycles. The van der Waals surface area contributed by atoms with Gasteiger partial charge in [-0.25, -0.2) is 4.39 Å². The molecule has 0 saturated heterocycles. The Kier molecular flexibility index (Phi) is 0.992. The summed E-state index contributed by atoms with van der Waals surface area (Å²) in [4.78, 5) is 0. The predicted octanol–water partition coefficient (Wildman–Crippen LogP) is 2.95. The van der Waals surface area contributed by atoms with Crippen molar-refractivity contribution in [1.82, 2.24) is 0 Å². The SMILES string of the molecule is [2H]c1c([2H])c(C(C)C)c([2H])c([2H])c1F. The molecule has 0 aromatic heterocycles. The van der Waals surface area contributed by atoms with Crippen LogP contribution >= 0.6 is 0 Å². The molecule has 0 amide bonds. The fraction of sp³-hybridized carbons (Fsp3) is 0.333. The zero-order valence-electron chi connectivity index (χ0n) is 9.96. The summed E-state index contributed by atoms with van der Waals surface area (Å²) in [6.07, 6.45) is 0.